The van der Waals surface area contributed by atoms with Crippen LogP contribution in [0.15, 0.2) is 54.9 Å². The van der Waals surface area contributed by atoms with Crippen LogP contribution in [-0.2, 0) is 9.59 Å². The molecule has 2 aromatic carbocycles. The Morgan fingerprint density at radius 2 is 2.07 bits per heavy atom. The Hall–Kier alpha value is -3.32. The van der Waals surface area contributed by atoms with Gasteiger partial charge in [0.15, 0.2) is 6.61 Å². The molecule has 4 rings (SSSR count). The van der Waals surface area contributed by atoms with Crippen LogP contribution in [0.5, 0.6) is 5.75 Å². The Balaban J connectivity index is 1.70. The first kappa shape index (κ1) is 18.1. The molecule has 8 heteroatoms. The molecular formula is C20H17ClN4O3. The highest BCUT2D eigenvalue weighted by Crippen LogP contribution is 2.38. The Kier molecular flexibility index (Phi) is 4.75. The van der Waals surface area contributed by atoms with Crippen molar-refractivity contribution in [3.63, 3.8) is 0 Å². The number of aromatic nitrogens is 2. The predicted molar refractivity (Wildman–Crippen MR) is 105 cm³/mol. The van der Waals surface area contributed by atoms with Crippen LogP contribution in [-0.4, -0.2) is 28.0 Å². The molecule has 0 bridgehead atoms. The summed E-state index contributed by atoms with van der Waals surface area (Å²) >= 11 is 5.97. The highest BCUT2D eigenvalue weighted by Gasteiger charge is 2.31. The number of ether oxygens (including phenoxy) is 1. The molecule has 0 unspecified atom stereocenters. The summed E-state index contributed by atoms with van der Waals surface area (Å²) in [6, 6.07) is 14.5. The van der Waals surface area contributed by atoms with Crippen LogP contribution in [0.2, 0.25) is 5.02 Å². The van der Waals surface area contributed by atoms with Gasteiger partial charge in [0, 0.05) is 23.0 Å². The minimum absolute atomic E-state index is 0.100. The molecule has 0 spiro atoms. The lowest BCUT2D eigenvalue weighted by Gasteiger charge is -2.23. The quantitative estimate of drug-likeness (QED) is 0.692. The summed E-state index contributed by atoms with van der Waals surface area (Å²) in [6.07, 6.45) is 1.95. The van der Waals surface area contributed by atoms with Crippen molar-refractivity contribution in [1.29, 1.82) is 0 Å². The average Bonchev–Trinajstić information content (AvgIpc) is 3.10. The van der Waals surface area contributed by atoms with Crippen molar-refractivity contribution in [2.24, 2.45) is 5.73 Å². The van der Waals surface area contributed by atoms with E-state index in [-0.39, 0.29) is 24.9 Å². The number of carbonyl (C=O) groups is 2. The second-order valence-corrected chi connectivity index (χ2v) is 6.89. The van der Waals surface area contributed by atoms with Gasteiger partial charge in [-0.2, -0.15) is 0 Å². The largest absolute Gasteiger partial charge is 0.484 e. The number of anilines is 1. The molecule has 0 radical (unpaired) electrons. The standard InChI is InChI=1S/C20H17ClN4O3/c21-13-4-6-14(7-5-13)25-11-23-19-16(9-18(27)24-20(19)25)12-2-1-3-15(8-12)28-10-17(22)26/h1-8,11,16H,9-10H2,(H2,22,26)(H,24,27)/t16-/m0/s1. The van der Waals surface area contributed by atoms with Gasteiger partial charge in [0.1, 0.15) is 17.9 Å². The molecule has 3 N–H and O–H groups in total. The van der Waals surface area contributed by atoms with Gasteiger partial charge in [-0.3, -0.25) is 14.2 Å². The Morgan fingerprint density at radius 1 is 1.29 bits per heavy atom. The monoisotopic (exact) mass is 396 g/mol. The van der Waals surface area contributed by atoms with Gasteiger partial charge in [-0.05, 0) is 42.0 Å². The minimum Gasteiger partial charge on any atom is -0.484 e. The molecule has 7 nitrogen and oxygen atoms in total. The van der Waals surface area contributed by atoms with E-state index in [0.717, 1.165) is 16.9 Å². The molecule has 1 aliphatic rings. The van der Waals surface area contributed by atoms with Crippen LogP contribution in [0.3, 0.4) is 0 Å². The third kappa shape index (κ3) is 3.57. The number of rotatable bonds is 5. The smallest absolute Gasteiger partial charge is 0.255 e. The fraction of sp³-hybridized carbons (Fsp3) is 0.150. The maximum absolute atomic E-state index is 12.4. The maximum Gasteiger partial charge on any atom is 0.255 e. The number of nitrogens with zero attached hydrogens (tertiary/aromatic N) is 2. The number of benzene rings is 2. The molecule has 1 atom stereocenters. The van der Waals surface area contributed by atoms with Gasteiger partial charge in [-0.1, -0.05) is 23.7 Å². The lowest BCUT2D eigenvalue weighted by Crippen LogP contribution is -2.25. The molecule has 0 saturated heterocycles. The molecule has 0 aliphatic carbocycles. The van der Waals surface area contributed by atoms with E-state index < -0.39 is 5.91 Å². The first-order valence-corrected chi connectivity index (χ1v) is 9.03. The van der Waals surface area contributed by atoms with E-state index in [1.165, 1.54) is 0 Å². The fourth-order valence-corrected chi connectivity index (χ4v) is 3.38. The molecule has 142 valence electrons. The van der Waals surface area contributed by atoms with Crippen molar-refractivity contribution < 1.29 is 14.3 Å². The molecule has 1 aromatic heterocycles. The van der Waals surface area contributed by atoms with E-state index in [1.54, 1.807) is 30.6 Å². The summed E-state index contributed by atoms with van der Waals surface area (Å²) in [5, 5.41) is 3.54. The summed E-state index contributed by atoms with van der Waals surface area (Å²) in [5.41, 5.74) is 7.62. The number of carbonyl (C=O) groups excluding carboxylic acids is 2. The Morgan fingerprint density at radius 3 is 2.82 bits per heavy atom. The molecule has 2 heterocycles. The molecule has 0 saturated carbocycles. The number of halogens is 1. The SMILES string of the molecule is NC(=O)COc1cccc([C@@H]2CC(=O)Nc3c2ncn3-c2ccc(Cl)cc2)c1. The maximum atomic E-state index is 12.4. The van der Waals surface area contributed by atoms with Crippen LogP contribution in [0.25, 0.3) is 5.69 Å². The van der Waals surface area contributed by atoms with E-state index in [1.807, 2.05) is 28.8 Å². The zero-order chi connectivity index (χ0) is 19.7. The van der Waals surface area contributed by atoms with Gasteiger partial charge < -0.3 is 15.8 Å². The van der Waals surface area contributed by atoms with Gasteiger partial charge >= 0.3 is 0 Å². The number of imidazole rings is 1. The molecule has 0 fully saturated rings. The second-order valence-electron chi connectivity index (χ2n) is 6.46. The fourth-order valence-electron chi connectivity index (χ4n) is 3.26. The minimum atomic E-state index is -0.550. The predicted octanol–water partition coefficient (Wildman–Crippen LogP) is 2.86. The third-order valence-electron chi connectivity index (χ3n) is 4.52. The number of nitrogens with one attached hydrogen (secondary N) is 1. The van der Waals surface area contributed by atoms with E-state index in [0.29, 0.717) is 16.6 Å². The van der Waals surface area contributed by atoms with Crippen molar-refractivity contribution in [1.82, 2.24) is 9.55 Å². The average molecular weight is 397 g/mol. The van der Waals surface area contributed by atoms with E-state index in [9.17, 15) is 9.59 Å². The molecule has 3 aromatic rings. The Labute approximate surface area is 166 Å². The van der Waals surface area contributed by atoms with Crippen molar-refractivity contribution in [3.05, 3.63) is 71.1 Å². The number of nitrogens with two attached hydrogens (primary N) is 1. The number of fused-ring (bicyclic) bond motifs is 1. The van der Waals surface area contributed by atoms with Crippen LogP contribution in [0, 0.1) is 0 Å². The van der Waals surface area contributed by atoms with E-state index in [2.05, 4.69) is 10.3 Å². The summed E-state index contributed by atoms with van der Waals surface area (Å²) in [7, 11) is 0. The summed E-state index contributed by atoms with van der Waals surface area (Å²) in [6.45, 7) is -0.203. The van der Waals surface area contributed by atoms with Gasteiger partial charge in [0.25, 0.3) is 5.91 Å². The zero-order valence-electron chi connectivity index (χ0n) is 14.8. The number of hydrogen-bond acceptors (Lipinski definition) is 4. The van der Waals surface area contributed by atoms with Gasteiger partial charge in [-0.25, -0.2) is 4.98 Å². The van der Waals surface area contributed by atoms with Crippen LogP contribution in [0.4, 0.5) is 5.82 Å². The number of primary amides is 1. The lowest BCUT2D eigenvalue weighted by atomic mass is 9.89. The first-order valence-electron chi connectivity index (χ1n) is 8.65. The summed E-state index contributed by atoms with van der Waals surface area (Å²) in [5.74, 6) is 0.269. The van der Waals surface area contributed by atoms with Gasteiger partial charge in [0.05, 0.1) is 5.69 Å². The normalized spacial score (nSPS) is 15.6. The summed E-state index contributed by atoms with van der Waals surface area (Å²) in [4.78, 5) is 27.9. The summed E-state index contributed by atoms with van der Waals surface area (Å²) < 4.78 is 7.21. The van der Waals surface area contributed by atoms with Crippen molar-refractivity contribution in [2.75, 3.05) is 11.9 Å². The van der Waals surface area contributed by atoms with Crippen molar-refractivity contribution in [2.45, 2.75) is 12.3 Å². The topological polar surface area (TPSA) is 99.2 Å². The van der Waals surface area contributed by atoms with E-state index in [4.69, 9.17) is 22.1 Å². The third-order valence-corrected chi connectivity index (χ3v) is 4.77. The zero-order valence-corrected chi connectivity index (χ0v) is 15.5. The van der Waals surface area contributed by atoms with Crippen molar-refractivity contribution >= 4 is 29.2 Å². The molecular weight excluding hydrogens is 380 g/mol. The number of amides is 2. The van der Waals surface area contributed by atoms with Crippen molar-refractivity contribution in [3.8, 4) is 11.4 Å². The van der Waals surface area contributed by atoms with Crippen LogP contribution in [0.1, 0.15) is 23.6 Å². The molecule has 2 amide bonds. The van der Waals surface area contributed by atoms with E-state index >= 15 is 0 Å². The van der Waals surface area contributed by atoms with Gasteiger partial charge in [0.2, 0.25) is 5.91 Å². The molecule has 1 aliphatic heterocycles. The lowest BCUT2D eigenvalue weighted by molar-refractivity contribution is -0.120. The van der Waals surface area contributed by atoms with Crippen LogP contribution >= 0.6 is 11.6 Å². The highest BCUT2D eigenvalue weighted by atomic mass is 35.5. The molecule has 28 heavy (non-hydrogen) atoms. The van der Waals surface area contributed by atoms with Crippen LogP contribution < -0.4 is 15.8 Å². The number of hydrogen-bond donors (Lipinski definition) is 2. The van der Waals surface area contributed by atoms with Gasteiger partial charge in [-0.15, -0.1) is 0 Å². The second kappa shape index (κ2) is 7.36. The highest BCUT2D eigenvalue weighted by molar-refractivity contribution is 6.30. The first-order chi connectivity index (χ1) is 13.5. The Bertz CT molecular complexity index is 1050.